The van der Waals surface area contributed by atoms with Crippen LogP contribution in [0.15, 0.2) is 60.4 Å². The molecule has 0 heterocycles. The fourth-order valence-electron chi connectivity index (χ4n) is 2.62. The van der Waals surface area contributed by atoms with Crippen LogP contribution in [0.4, 0.5) is 0 Å². The minimum absolute atomic E-state index is 0.116. The molecule has 0 aromatic heterocycles. The lowest BCUT2D eigenvalue weighted by atomic mass is 10.1. The van der Waals surface area contributed by atoms with Crippen LogP contribution in [0.3, 0.4) is 0 Å². The van der Waals surface area contributed by atoms with Crippen LogP contribution >= 0.6 is 0 Å². The van der Waals surface area contributed by atoms with Crippen molar-refractivity contribution < 1.29 is 19.0 Å². The third-order valence-electron chi connectivity index (χ3n) is 4.37. The highest BCUT2D eigenvalue weighted by Crippen LogP contribution is 2.13. The number of carbonyl (C=O) groups is 1. The number of carbonyl (C=O) groups excluding carboxylic acids is 1. The van der Waals surface area contributed by atoms with E-state index in [0.29, 0.717) is 0 Å². The molecule has 0 aromatic carbocycles. The molecule has 0 amide bonds. The summed E-state index contributed by atoms with van der Waals surface area (Å²) in [6.45, 7) is 11.6. The summed E-state index contributed by atoms with van der Waals surface area (Å²) in [7, 11) is 3.01. The molecule has 0 spiro atoms. The number of unbranched alkanes of at least 4 members (excludes halogenated alkanes) is 5. The number of esters is 1. The first-order chi connectivity index (χ1) is 13.5. The molecule has 1 atom stereocenters. The summed E-state index contributed by atoms with van der Waals surface area (Å²) >= 11 is 0. The van der Waals surface area contributed by atoms with Crippen LogP contribution in [0.25, 0.3) is 0 Å². The average Bonchev–Trinajstić information content (AvgIpc) is 2.68. The van der Waals surface area contributed by atoms with E-state index < -0.39 is 5.97 Å². The molecule has 158 valence electrons. The van der Waals surface area contributed by atoms with E-state index in [1.807, 2.05) is 13.0 Å². The van der Waals surface area contributed by atoms with Crippen molar-refractivity contribution in [3.63, 3.8) is 0 Å². The SMILES string of the molecule is C=C/C=C(\C)CCCCCCC/C=C(C)/C=C(\OC)C(=O)OCC(C=C)OC. The molecule has 0 aromatic rings. The van der Waals surface area contributed by atoms with Crippen LogP contribution in [0, 0.1) is 0 Å². The molecule has 1 unspecified atom stereocenters. The lowest BCUT2D eigenvalue weighted by molar-refractivity contribution is -0.145. The Kier molecular flexibility index (Phi) is 15.8. The second-order valence-corrected chi connectivity index (χ2v) is 6.82. The fraction of sp³-hybridized carbons (Fsp3) is 0.542. The molecule has 4 nitrogen and oxygen atoms in total. The summed E-state index contributed by atoms with van der Waals surface area (Å²) in [4.78, 5) is 12.1. The van der Waals surface area contributed by atoms with Crippen LogP contribution in [-0.4, -0.2) is 32.9 Å². The number of ether oxygens (including phenoxy) is 3. The van der Waals surface area contributed by atoms with Crippen molar-refractivity contribution >= 4 is 5.97 Å². The van der Waals surface area contributed by atoms with Crippen molar-refractivity contribution in [3.8, 4) is 0 Å². The van der Waals surface area contributed by atoms with E-state index in [-0.39, 0.29) is 18.5 Å². The summed E-state index contributed by atoms with van der Waals surface area (Å²) in [5.74, 6) is -0.310. The minimum atomic E-state index is -0.500. The first kappa shape index (κ1) is 25.9. The first-order valence-corrected chi connectivity index (χ1v) is 10.0. The van der Waals surface area contributed by atoms with Crippen molar-refractivity contribution in [2.24, 2.45) is 0 Å². The lowest BCUT2D eigenvalue weighted by Crippen LogP contribution is -2.20. The van der Waals surface area contributed by atoms with E-state index in [1.54, 1.807) is 19.3 Å². The Morgan fingerprint density at radius 1 is 1.04 bits per heavy atom. The van der Waals surface area contributed by atoms with E-state index in [9.17, 15) is 4.79 Å². The molecule has 0 bridgehead atoms. The van der Waals surface area contributed by atoms with Gasteiger partial charge in [0.15, 0.2) is 0 Å². The monoisotopic (exact) mass is 390 g/mol. The molecule has 0 aliphatic carbocycles. The van der Waals surface area contributed by atoms with Crippen LogP contribution in [-0.2, 0) is 19.0 Å². The van der Waals surface area contributed by atoms with Crippen LogP contribution in [0.1, 0.15) is 58.8 Å². The Balaban J connectivity index is 4.17. The van der Waals surface area contributed by atoms with Gasteiger partial charge in [-0.3, -0.25) is 0 Å². The maximum absolute atomic E-state index is 12.1. The van der Waals surface area contributed by atoms with E-state index in [4.69, 9.17) is 14.2 Å². The molecule has 4 heteroatoms. The van der Waals surface area contributed by atoms with Gasteiger partial charge in [0.25, 0.3) is 0 Å². The van der Waals surface area contributed by atoms with Gasteiger partial charge in [-0.2, -0.15) is 0 Å². The zero-order valence-electron chi connectivity index (χ0n) is 18.2. The highest BCUT2D eigenvalue weighted by atomic mass is 16.6. The minimum Gasteiger partial charge on any atom is -0.490 e. The third-order valence-corrected chi connectivity index (χ3v) is 4.37. The first-order valence-electron chi connectivity index (χ1n) is 10.0. The molecule has 0 rings (SSSR count). The quantitative estimate of drug-likeness (QED) is 0.0801. The maximum Gasteiger partial charge on any atom is 0.373 e. The van der Waals surface area contributed by atoms with Gasteiger partial charge in [-0.05, 0) is 45.6 Å². The van der Waals surface area contributed by atoms with Gasteiger partial charge < -0.3 is 14.2 Å². The highest BCUT2D eigenvalue weighted by molar-refractivity contribution is 5.86. The van der Waals surface area contributed by atoms with Crippen LogP contribution in [0.2, 0.25) is 0 Å². The van der Waals surface area contributed by atoms with Gasteiger partial charge in [-0.25, -0.2) is 4.79 Å². The summed E-state index contributed by atoms with van der Waals surface area (Å²) in [6, 6.07) is 0. The average molecular weight is 391 g/mol. The van der Waals surface area contributed by atoms with Gasteiger partial charge in [-0.1, -0.05) is 61.3 Å². The van der Waals surface area contributed by atoms with Gasteiger partial charge >= 0.3 is 5.97 Å². The number of methoxy groups -OCH3 is 2. The van der Waals surface area contributed by atoms with Crippen molar-refractivity contribution in [3.05, 3.63) is 60.4 Å². The van der Waals surface area contributed by atoms with Gasteiger partial charge in [0.1, 0.15) is 12.7 Å². The molecule has 0 saturated carbocycles. The smallest absolute Gasteiger partial charge is 0.373 e. The summed E-state index contributed by atoms with van der Waals surface area (Å²) in [6.07, 6.45) is 17.3. The Bertz CT molecular complexity index is 555. The Morgan fingerprint density at radius 2 is 1.71 bits per heavy atom. The van der Waals surface area contributed by atoms with Gasteiger partial charge in [0, 0.05) is 7.11 Å². The Morgan fingerprint density at radius 3 is 2.32 bits per heavy atom. The second-order valence-electron chi connectivity index (χ2n) is 6.82. The molecule has 0 radical (unpaired) electrons. The van der Waals surface area contributed by atoms with Crippen molar-refractivity contribution in [2.45, 2.75) is 64.9 Å². The van der Waals surface area contributed by atoms with E-state index >= 15 is 0 Å². The lowest BCUT2D eigenvalue weighted by Gasteiger charge is -2.12. The molecule has 28 heavy (non-hydrogen) atoms. The zero-order chi connectivity index (χ0) is 21.2. The highest BCUT2D eigenvalue weighted by Gasteiger charge is 2.13. The summed E-state index contributed by atoms with van der Waals surface area (Å²) in [5, 5.41) is 0. The molecule has 0 aliphatic rings. The molecule has 0 N–H and O–H groups in total. The van der Waals surface area contributed by atoms with E-state index in [0.717, 1.165) is 24.8 Å². The number of hydrogen-bond acceptors (Lipinski definition) is 4. The summed E-state index contributed by atoms with van der Waals surface area (Å²) in [5.41, 5.74) is 2.39. The summed E-state index contributed by atoms with van der Waals surface area (Å²) < 4.78 is 15.4. The van der Waals surface area contributed by atoms with Gasteiger partial charge in [0.05, 0.1) is 7.11 Å². The fourth-order valence-corrected chi connectivity index (χ4v) is 2.62. The van der Waals surface area contributed by atoms with Gasteiger partial charge in [0.2, 0.25) is 5.76 Å². The second kappa shape index (κ2) is 17.1. The predicted molar refractivity (Wildman–Crippen MR) is 117 cm³/mol. The molecular weight excluding hydrogens is 352 g/mol. The van der Waals surface area contributed by atoms with E-state index in [1.165, 1.54) is 38.4 Å². The van der Waals surface area contributed by atoms with Gasteiger partial charge in [-0.15, -0.1) is 6.58 Å². The largest absolute Gasteiger partial charge is 0.490 e. The molecular formula is C24H38O4. The number of hydrogen-bond donors (Lipinski definition) is 0. The molecule has 0 aliphatic heterocycles. The van der Waals surface area contributed by atoms with Crippen LogP contribution in [0.5, 0.6) is 0 Å². The van der Waals surface area contributed by atoms with Crippen molar-refractivity contribution in [2.75, 3.05) is 20.8 Å². The van der Waals surface area contributed by atoms with Crippen molar-refractivity contribution in [1.82, 2.24) is 0 Å². The normalized spacial score (nSPS) is 13.8. The molecule has 0 saturated heterocycles. The Hall–Kier alpha value is -2.07. The third kappa shape index (κ3) is 13.2. The zero-order valence-corrected chi connectivity index (χ0v) is 18.2. The maximum atomic E-state index is 12.1. The van der Waals surface area contributed by atoms with E-state index in [2.05, 4.69) is 32.2 Å². The van der Waals surface area contributed by atoms with Crippen LogP contribution < -0.4 is 0 Å². The topological polar surface area (TPSA) is 44.8 Å². The molecule has 0 fully saturated rings. The number of allylic oxidation sites excluding steroid dienone is 6. The van der Waals surface area contributed by atoms with Crippen molar-refractivity contribution in [1.29, 1.82) is 0 Å². The predicted octanol–water partition coefficient (Wildman–Crippen LogP) is 6.07. The number of rotatable bonds is 16. The Labute approximate surface area is 171 Å². The standard InChI is InChI=1S/C24H38O4/c1-7-15-20(3)16-13-11-9-10-12-14-17-21(4)18-23(27-6)24(25)28-19-22(8-2)26-5/h7-8,15,17-18,22H,1-2,9-14,16,19H2,3-6H3/b20-15+,21-17+,23-18-.